The second-order valence-corrected chi connectivity index (χ2v) is 7.98. The van der Waals surface area contributed by atoms with Gasteiger partial charge in [0.25, 0.3) is 0 Å². The highest BCUT2D eigenvalue weighted by Gasteiger charge is 2.20. The fraction of sp³-hybridized carbons (Fsp3) is 0.192. The molecule has 33 heavy (non-hydrogen) atoms. The van der Waals surface area contributed by atoms with E-state index in [2.05, 4.69) is 10.4 Å². The lowest BCUT2D eigenvalue weighted by Gasteiger charge is -2.18. The van der Waals surface area contributed by atoms with Gasteiger partial charge in [0.15, 0.2) is 0 Å². The Morgan fingerprint density at radius 2 is 1.88 bits per heavy atom. The molecule has 1 atom stereocenters. The maximum atomic E-state index is 14.2. The van der Waals surface area contributed by atoms with E-state index in [1.165, 1.54) is 6.07 Å². The van der Waals surface area contributed by atoms with Crippen molar-refractivity contribution in [1.29, 1.82) is 0 Å². The van der Waals surface area contributed by atoms with Gasteiger partial charge in [-0.05, 0) is 53.6 Å². The van der Waals surface area contributed by atoms with Crippen LogP contribution in [-0.4, -0.2) is 26.8 Å². The van der Waals surface area contributed by atoms with Gasteiger partial charge in [-0.25, -0.2) is 4.39 Å². The van der Waals surface area contributed by atoms with Crippen LogP contribution in [0.4, 0.5) is 10.1 Å². The number of benzene rings is 3. The van der Waals surface area contributed by atoms with Crippen molar-refractivity contribution in [1.82, 2.24) is 9.78 Å². The number of carbonyl (C=O) groups is 2. The third-order valence-corrected chi connectivity index (χ3v) is 5.71. The number of anilines is 1. The van der Waals surface area contributed by atoms with Crippen LogP contribution >= 0.6 is 0 Å². The van der Waals surface area contributed by atoms with Crippen LogP contribution < -0.4 is 5.32 Å². The Kier molecular flexibility index (Phi) is 6.49. The number of rotatable bonds is 8. The molecule has 4 rings (SSSR count). The maximum absolute atomic E-state index is 14.2. The molecule has 0 saturated carbocycles. The number of nitrogens with one attached hydrogen (secondary N) is 1. The molecule has 0 bridgehead atoms. The molecule has 168 valence electrons. The molecule has 2 N–H and O–H groups in total. The molecular weight excluding hydrogens is 421 g/mol. The second kappa shape index (κ2) is 9.65. The Hall–Kier alpha value is -4.00. The highest BCUT2D eigenvalue weighted by atomic mass is 19.1. The SMILES string of the molecule is CC(C(=O)Nc1cc(Cn2cccn2)ccc1CCC(=O)O)c1ccc(F)c2ccccc12. The first-order chi connectivity index (χ1) is 15.9. The molecule has 0 aliphatic carbocycles. The molecule has 0 aliphatic rings. The standard InChI is InChI=1S/C26H24FN3O3/c1-17(20-10-11-23(27)22-6-3-2-5-21(20)22)26(33)29-24-15-18(16-30-14-4-13-28-30)7-8-19(24)9-12-25(31)32/h2-8,10-11,13-15,17H,9,12,16H2,1H3,(H,29,33)(H,31,32). The van der Waals surface area contributed by atoms with Crippen molar-refractivity contribution >= 4 is 28.3 Å². The normalized spacial score (nSPS) is 11.9. The Morgan fingerprint density at radius 3 is 2.61 bits per heavy atom. The molecular formula is C26H24FN3O3. The zero-order valence-corrected chi connectivity index (χ0v) is 18.2. The molecule has 0 saturated heterocycles. The van der Waals surface area contributed by atoms with Gasteiger partial charge in [0.2, 0.25) is 5.91 Å². The quantitative estimate of drug-likeness (QED) is 0.401. The average Bonchev–Trinajstić information content (AvgIpc) is 3.31. The summed E-state index contributed by atoms with van der Waals surface area (Å²) in [6, 6.07) is 17.5. The first-order valence-electron chi connectivity index (χ1n) is 10.7. The maximum Gasteiger partial charge on any atom is 0.303 e. The first kappa shape index (κ1) is 22.2. The number of aryl methyl sites for hydroxylation is 1. The number of aliphatic carboxylic acids is 1. The summed E-state index contributed by atoms with van der Waals surface area (Å²) in [7, 11) is 0. The van der Waals surface area contributed by atoms with Gasteiger partial charge < -0.3 is 10.4 Å². The number of hydrogen-bond acceptors (Lipinski definition) is 3. The van der Waals surface area contributed by atoms with E-state index in [0.717, 1.165) is 16.7 Å². The molecule has 1 heterocycles. The van der Waals surface area contributed by atoms with Crippen molar-refractivity contribution in [3.05, 3.63) is 95.6 Å². The molecule has 0 fully saturated rings. The summed E-state index contributed by atoms with van der Waals surface area (Å²) in [5.74, 6) is -2.03. The average molecular weight is 445 g/mol. The number of amides is 1. The van der Waals surface area contributed by atoms with Crippen molar-refractivity contribution in [2.45, 2.75) is 32.2 Å². The first-order valence-corrected chi connectivity index (χ1v) is 10.7. The molecule has 7 heteroatoms. The van der Waals surface area contributed by atoms with Gasteiger partial charge in [-0.15, -0.1) is 0 Å². The van der Waals surface area contributed by atoms with E-state index < -0.39 is 11.9 Å². The van der Waals surface area contributed by atoms with Crippen molar-refractivity contribution < 1.29 is 19.1 Å². The second-order valence-electron chi connectivity index (χ2n) is 7.98. The summed E-state index contributed by atoms with van der Waals surface area (Å²) in [5, 5.41) is 17.5. The number of carbonyl (C=O) groups excluding carboxylic acids is 1. The predicted molar refractivity (Wildman–Crippen MR) is 125 cm³/mol. The van der Waals surface area contributed by atoms with Crippen LogP contribution in [0.5, 0.6) is 0 Å². The lowest BCUT2D eigenvalue weighted by molar-refractivity contribution is -0.137. The molecule has 1 aromatic heterocycles. The van der Waals surface area contributed by atoms with Gasteiger partial charge in [0, 0.05) is 29.9 Å². The van der Waals surface area contributed by atoms with E-state index in [0.29, 0.717) is 29.4 Å². The Labute approximate surface area is 190 Å². The minimum absolute atomic E-state index is 0.0421. The Balaban J connectivity index is 1.62. The van der Waals surface area contributed by atoms with Crippen molar-refractivity contribution in [2.75, 3.05) is 5.32 Å². The number of nitrogens with zero attached hydrogens (tertiary/aromatic N) is 2. The van der Waals surface area contributed by atoms with Gasteiger partial charge in [0.1, 0.15) is 5.82 Å². The van der Waals surface area contributed by atoms with Crippen molar-refractivity contribution in [3.63, 3.8) is 0 Å². The van der Waals surface area contributed by atoms with E-state index in [1.54, 1.807) is 42.1 Å². The zero-order valence-electron chi connectivity index (χ0n) is 18.2. The molecule has 1 unspecified atom stereocenters. The summed E-state index contributed by atoms with van der Waals surface area (Å²) in [6.07, 6.45) is 3.79. The van der Waals surface area contributed by atoms with Crippen LogP contribution in [0.15, 0.2) is 73.1 Å². The topological polar surface area (TPSA) is 84.2 Å². The van der Waals surface area contributed by atoms with Crippen LogP contribution in [-0.2, 0) is 22.6 Å². The van der Waals surface area contributed by atoms with Gasteiger partial charge in [-0.2, -0.15) is 5.10 Å². The van der Waals surface area contributed by atoms with Crippen molar-refractivity contribution in [2.24, 2.45) is 0 Å². The summed E-state index contributed by atoms with van der Waals surface area (Å²) in [4.78, 5) is 24.3. The largest absolute Gasteiger partial charge is 0.481 e. The Bertz CT molecular complexity index is 1300. The fourth-order valence-electron chi connectivity index (χ4n) is 3.92. The smallest absolute Gasteiger partial charge is 0.303 e. The van der Waals surface area contributed by atoms with Crippen LogP contribution in [0.25, 0.3) is 10.8 Å². The van der Waals surface area contributed by atoms with Crippen molar-refractivity contribution in [3.8, 4) is 0 Å². The number of hydrogen-bond donors (Lipinski definition) is 2. The number of carboxylic acid groups (broad SMARTS) is 1. The molecule has 0 spiro atoms. The molecule has 3 aromatic carbocycles. The molecule has 6 nitrogen and oxygen atoms in total. The summed E-state index contributed by atoms with van der Waals surface area (Å²) < 4.78 is 16.0. The summed E-state index contributed by atoms with van der Waals surface area (Å²) in [5.41, 5.74) is 2.97. The van der Waals surface area contributed by atoms with Gasteiger partial charge in [0.05, 0.1) is 12.5 Å². The summed E-state index contributed by atoms with van der Waals surface area (Å²) in [6.45, 7) is 2.30. The molecule has 4 aromatic rings. The lowest BCUT2D eigenvalue weighted by Crippen LogP contribution is -2.20. The van der Waals surface area contributed by atoms with Crippen LogP contribution in [0.2, 0.25) is 0 Å². The zero-order chi connectivity index (χ0) is 23.4. The summed E-state index contributed by atoms with van der Waals surface area (Å²) >= 11 is 0. The Morgan fingerprint density at radius 1 is 1.09 bits per heavy atom. The van der Waals surface area contributed by atoms with Gasteiger partial charge >= 0.3 is 5.97 Å². The molecule has 0 aliphatic heterocycles. The molecule has 0 radical (unpaired) electrons. The van der Waals surface area contributed by atoms with E-state index in [4.69, 9.17) is 5.11 Å². The number of fused-ring (bicyclic) bond motifs is 1. The third-order valence-electron chi connectivity index (χ3n) is 5.71. The fourth-order valence-corrected chi connectivity index (χ4v) is 3.92. The van der Waals surface area contributed by atoms with Gasteiger partial charge in [-0.1, -0.05) is 42.5 Å². The highest BCUT2D eigenvalue weighted by molar-refractivity contribution is 5.99. The van der Waals surface area contributed by atoms with Gasteiger partial charge in [-0.3, -0.25) is 14.3 Å². The van der Waals surface area contributed by atoms with E-state index in [9.17, 15) is 14.0 Å². The minimum Gasteiger partial charge on any atom is -0.481 e. The van der Waals surface area contributed by atoms with E-state index in [-0.39, 0.29) is 18.1 Å². The van der Waals surface area contributed by atoms with Crippen LogP contribution in [0.3, 0.4) is 0 Å². The highest BCUT2D eigenvalue weighted by Crippen LogP contribution is 2.29. The number of aromatic nitrogens is 2. The number of halogens is 1. The monoisotopic (exact) mass is 445 g/mol. The van der Waals surface area contributed by atoms with Crippen LogP contribution in [0.1, 0.15) is 36.0 Å². The number of carboxylic acids is 1. The predicted octanol–water partition coefficient (Wildman–Crippen LogP) is 4.98. The lowest BCUT2D eigenvalue weighted by atomic mass is 9.93. The molecule has 1 amide bonds. The third kappa shape index (κ3) is 5.09. The minimum atomic E-state index is -0.904. The van der Waals surface area contributed by atoms with E-state index in [1.807, 2.05) is 36.5 Å². The van der Waals surface area contributed by atoms with E-state index >= 15 is 0 Å². The van der Waals surface area contributed by atoms with Crippen LogP contribution in [0, 0.1) is 5.82 Å².